The van der Waals surface area contributed by atoms with Crippen LogP contribution < -0.4 is 24.6 Å². The van der Waals surface area contributed by atoms with E-state index in [4.69, 9.17) is 25.9 Å². The standard InChI is InChI=1S/C60H63F3N10O7/c1-3-41-44(61)9-4-35-23-40(74)24-43(47(35)41)50-49(62)51-48(54(65-50)79-2)52(71-27-38-5-6-39(28-71)73(38)56(78)59-29-60(63,30-59)31-59)67-57(66-51)80-33-58(14-15-58)32-69-20-18-68(19-21-69)25-34-12-16-70(17-13-34)37-7-8-42-36(22-37)26-72(55(42)77)45-10-11-46(75)64-53(45)76/h1,4,7-9,22-24,34,38-39,45,74H,5-6,10-21,25-33H2,2H3,(H,64,75,76). The molecule has 3 aromatic carbocycles. The summed E-state index contributed by atoms with van der Waals surface area (Å²) in [4.78, 5) is 79.2. The zero-order valence-electron chi connectivity index (χ0n) is 44.7. The van der Waals surface area contributed by atoms with Crippen LogP contribution in [0.3, 0.4) is 0 Å². The zero-order valence-corrected chi connectivity index (χ0v) is 44.7. The molecule has 8 heterocycles. The highest BCUT2D eigenvalue weighted by Crippen LogP contribution is 2.70. The number of piperazine rings is 2. The van der Waals surface area contributed by atoms with Crippen molar-refractivity contribution in [3.8, 4) is 41.2 Å². The van der Waals surface area contributed by atoms with Gasteiger partial charge in [0.25, 0.3) is 5.91 Å². The predicted octanol–water partition coefficient (Wildman–Crippen LogP) is 6.34. The first-order valence-corrected chi connectivity index (χ1v) is 28.3. The lowest BCUT2D eigenvalue weighted by Crippen LogP contribution is -2.72. The summed E-state index contributed by atoms with van der Waals surface area (Å²) in [5, 5.41) is 14.1. The van der Waals surface area contributed by atoms with Crippen LogP contribution >= 0.6 is 0 Å². The molecule has 10 aliphatic rings. The lowest BCUT2D eigenvalue weighted by Gasteiger charge is -2.65. The molecular formula is C60H63F3N10O7. The summed E-state index contributed by atoms with van der Waals surface area (Å²) in [6, 6.07) is 10.4. The van der Waals surface area contributed by atoms with Crippen molar-refractivity contribution in [3.05, 3.63) is 70.8 Å². The number of nitrogens with one attached hydrogen (secondary N) is 1. The van der Waals surface area contributed by atoms with Crippen LogP contribution in [-0.2, 0) is 20.9 Å². The summed E-state index contributed by atoms with van der Waals surface area (Å²) < 4.78 is 60.2. The fourth-order valence-electron chi connectivity index (χ4n) is 14.9. The minimum Gasteiger partial charge on any atom is -0.508 e. The Balaban J connectivity index is 0.655. The van der Waals surface area contributed by atoms with E-state index in [9.17, 15) is 28.7 Å². The van der Waals surface area contributed by atoms with Crippen LogP contribution in [0.5, 0.6) is 17.6 Å². The summed E-state index contributed by atoms with van der Waals surface area (Å²) in [5.74, 6) is 0.730. The number of phenols is 1. The van der Waals surface area contributed by atoms with E-state index >= 15 is 8.78 Å². The third kappa shape index (κ3) is 8.54. The number of imide groups is 1. The van der Waals surface area contributed by atoms with Gasteiger partial charge in [-0.05, 0) is 117 Å². The monoisotopic (exact) mass is 1090 g/mol. The molecule has 9 fully saturated rings. The SMILES string of the molecule is C#Cc1c(F)ccc2cc(O)cc(-c3nc(OC)c4c(N5CC6CCC(C5)N6C(=O)C56CC(F)(C5)C6)nc(OCC5(CN6CCN(CC7CCN(c8ccc9c(c8)CN(C8CCC(=O)NC8=O)C9=O)CC7)CC6)CC5)nc4c3F)c12. The number of halogens is 3. The first-order valence-electron chi connectivity index (χ1n) is 28.3. The Morgan fingerprint density at radius 2 is 1.60 bits per heavy atom. The lowest BCUT2D eigenvalue weighted by molar-refractivity contribution is -0.224. The van der Waals surface area contributed by atoms with Gasteiger partial charge in [0.1, 0.15) is 45.7 Å². The van der Waals surface area contributed by atoms with Gasteiger partial charge in [0.05, 0.1) is 24.7 Å². The number of ether oxygens (including phenoxy) is 2. The molecule has 4 aliphatic carbocycles. The van der Waals surface area contributed by atoms with Crippen LogP contribution in [-0.4, -0.2) is 166 Å². The van der Waals surface area contributed by atoms with Gasteiger partial charge in [-0.15, -0.1) is 6.42 Å². The van der Waals surface area contributed by atoms with E-state index in [1.807, 2.05) is 21.9 Å². The normalized spacial score (nSPS) is 27.2. The number of aromatic hydroxyl groups is 1. The number of terminal acetylenes is 1. The average molecular weight is 1090 g/mol. The number of carbonyl (C=O) groups is 4. The number of methoxy groups -OCH3 is 1. The minimum absolute atomic E-state index is 0.00162. The Morgan fingerprint density at radius 3 is 2.29 bits per heavy atom. The highest BCUT2D eigenvalue weighted by molar-refractivity contribution is 6.06. The van der Waals surface area contributed by atoms with Gasteiger partial charge in [0.15, 0.2) is 5.82 Å². The molecule has 4 saturated carbocycles. The van der Waals surface area contributed by atoms with Crippen LogP contribution in [0.15, 0.2) is 42.5 Å². The van der Waals surface area contributed by atoms with Gasteiger partial charge in [0, 0.05) is 118 Å². The van der Waals surface area contributed by atoms with Crippen LogP contribution in [0, 0.1) is 40.7 Å². The molecule has 6 aliphatic heterocycles. The van der Waals surface area contributed by atoms with E-state index in [-0.39, 0.29) is 112 Å². The lowest BCUT2D eigenvalue weighted by atomic mass is 9.41. The van der Waals surface area contributed by atoms with Gasteiger partial charge >= 0.3 is 6.01 Å². The Morgan fingerprint density at radius 1 is 0.863 bits per heavy atom. The topological polar surface area (TPSA) is 177 Å². The van der Waals surface area contributed by atoms with Crippen molar-refractivity contribution in [3.63, 3.8) is 0 Å². The molecule has 0 spiro atoms. The minimum atomic E-state index is -1.20. The quantitative estimate of drug-likeness (QED) is 0.0986. The number of phenolic OH excluding ortho intramolecular Hbond substituents is 1. The van der Waals surface area contributed by atoms with Crippen molar-refractivity contribution in [2.75, 3.05) is 89.0 Å². The second kappa shape index (κ2) is 18.9. The molecule has 15 rings (SSSR count). The molecule has 17 nitrogen and oxygen atoms in total. The number of amides is 4. The summed E-state index contributed by atoms with van der Waals surface area (Å²) in [5.41, 5.74) is 0.214. The maximum absolute atomic E-state index is 17.7. The van der Waals surface area contributed by atoms with Crippen molar-refractivity contribution in [1.29, 1.82) is 0 Å². The third-order valence-electron chi connectivity index (χ3n) is 19.3. The van der Waals surface area contributed by atoms with E-state index in [0.717, 1.165) is 102 Å². The van der Waals surface area contributed by atoms with Gasteiger partial charge in [-0.3, -0.25) is 24.5 Å². The molecule has 20 heteroatoms. The Kier molecular flexibility index (Phi) is 12.1. The van der Waals surface area contributed by atoms with E-state index < -0.39 is 34.7 Å². The third-order valence-corrected chi connectivity index (χ3v) is 19.3. The number of piperidine rings is 2. The van der Waals surface area contributed by atoms with Crippen LogP contribution in [0.2, 0.25) is 0 Å². The fourth-order valence-corrected chi connectivity index (χ4v) is 14.9. The number of fused-ring (bicyclic) bond motifs is 5. The molecule has 3 atom stereocenters. The van der Waals surface area contributed by atoms with Gasteiger partial charge in [-0.25, -0.2) is 18.2 Å². The number of anilines is 2. The van der Waals surface area contributed by atoms with Crippen LogP contribution in [0.25, 0.3) is 32.9 Å². The number of hydrogen-bond acceptors (Lipinski definition) is 14. The molecule has 4 amide bonds. The Hall–Kier alpha value is -7.24. The molecule has 5 aromatic rings. The molecule has 80 heavy (non-hydrogen) atoms. The number of aromatic nitrogens is 3. The summed E-state index contributed by atoms with van der Waals surface area (Å²) in [6.45, 7) is 8.91. The molecule has 2 aromatic heterocycles. The highest BCUT2D eigenvalue weighted by Gasteiger charge is 2.74. The number of alkyl halides is 1. The zero-order chi connectivity index (χ0) is 55.0. The maximum Gasteiger partial charge on any atom is 0.319 e. The first-order chi connectivity index (χ1) is 38.6. The highest BCUT2D eigenvalue weighted by atomic mass is 19.1. The molecule has 0 radical (unpaired) electrons. The maximum atomic E-state index is 17.7. The number of rotatable bonds is 13. The molecule has 5 saturated heterocycles. The smallest absolute Gasteiger partial charge is 0.319 e. The van der Waals surface area contributed by atoms with E-state index in [2.05, 4.69) is 37.0 Å². The van der Waals surface area contributed by atoms with Gasteiger partial charge in [0.2, 0.25) is 23.6 Å². The van der Waals surface area contributed by atoms with E-state index in [1.54, 1.807) is 4.90 Å². The number of carbonyl (C=O) groups excluding carboxylic acids is 4. The predicted molar refractivity (Wildman–Crippen MR) is 290 cm³/mol. The van der Waals surface area contributed by atoms with Crippen molar-refractivity contribution < 1.29 is 46.9 Å². The Bertz CT molecular complexity index is 3470. The molecule has 3 unspecified atom stereocenters. The number of benzene rings is 3. The van der Waals surface area contributed by atoms with Gasteiger partial charge < -0.3 is 44.0 Å². The van der Waals surface area contributed by atoms with E-state index in [0.29, 0.717) is 55.3 Å². The largest absolute Gasteiger partial charge is 0.508 e. The van der Waals surface area contributed by atoms with Crippen molar-refractivity contribution in [2.45, 2.75) is 101 Å². The van der Waals surface area contributed by atoms with Crippen molar-refractivity contribution >= 4 is 56.8 Å². The van der Waals surface area contributed by atoms with E-state index in [1.165, 1.54) is 31.4 Å². The first kappa shape index (κ1) is 50.9. The second-order valence-corrected chi connectivity index (χ2v) is 24.5. The molecule has 4 bridgehead atoms. The second-order valence-electron chi connectivity index (χ2n) is 24.5. The summed E-state index contributed by atoms with van der Waals surface area (Å²) in [6.07, 6.45) is 12.8. The number of nitrogens with zero attached hydrogens (tertiary/aromatic N) is 9. The number of hydrogen-bond donors (Lipinski definition) is 2. The van der Waals surface area contributed by atoms with Crippen molar-refractivity contribution in [1.82, 2.24) is 39.9 Å². The van der Waals surface area contributed by atoms with Gasteiger partial charge in [-0.2, -0.15) is 9.97 Å². The summed E-state index contributed by atoms with van der Waals surface area (Å²) in [7, 11) is 1.42. The van der Waals surface area contributed by atoms with Crippen molar-refractivity contribution in [2.24, 2.45) is 16.7 Å². The molecule has 416 valence electrons. The average Bonchev–Trinajstić information content (AvgIpc) is 4.09. The van der Waals surface area contributed by atoms with Crippen LogP contribution in [0.1, 0.15) is 92.1 Å². The molecule has 2 N–H and O–H groups in total. The number of pyridine rings is 1. The molecular weight excluding hydrogens is 1030 g/mol. The van der Waals surface area contributed by atoms with Crippen LogP contribution in [0.4, 0.5) is 24.7 Å². The fraction of sp³-hybridized carbons (Fsp3) is 0.517. The Labute approximate surface area is 460 Å². The van der Waals surface area contributed by atoms with Gasteiger partial charge in [-0.1, -0.05) is 12.0 Å². The summed E-state index contributed by atoms with van der Waals surface area (Å²) >= 11 is 0.